The second kappa shape index (κ2) is 5.26. The Morgan fingerprint density at radius 3 is 2.68 bits per heavy atom. The van der Waals surface area contributed by atoms with Crippen LogP contribution in [0.2, 0.25) is 0 Å². The third kappa shape index (κ3) is 2.67. The van der Waals surface area contributed by atoms with Crippen LogP contribution in [-0.2, 0) is 6.42 Å². The molecule has 0 aliphatic rings. The molecule has 0 saturated carbocycles. The molecule has 0 aliphatic heterocycles. The van der Waals surface area contributed by atoms with Crippen LogP contribution in [0.25, 0.3) is 0 Å². The molecule has 2 aromatic rings. The molecule has 102 valence electrons. The summed E-state index contributed by atoms with van der Waals surface area (Å²) in [5.74, 6) is 1.13. The van der Waals surface area contributed by atoms with Gasteiger partial charge in [-0.1, -0.05) is 31.1 Å². The number of rotatable bonds is 4. The minimum Gasteiger partial charge on any atom is -0.360 e. The number of amides is 1. The number of aryl methyl sites for hydroxylation is 2. The van der Waals surface area contributed by atoms with Gasteiger partial charge in [-0.15, -0.1) is 0 Å². The topological polar surface area (TPSA) is 81.2 Å². The molecule has 0 aromatic carbocycles. The fraction of sp³-hybridized carbons (Fsp3) is 0.462. The molecule has 0 saturated heterocycles. The van der Waals surface area contributed by atoms with Crippen molar-refractivity contribution in [2.45, 2.75) is 40.0 Å². The Labute approximate surface area is 111 Å². The van der Waals surface area contributed by atoms with Crippen LogP contribution in [0.15, 0.2) is 15.1 Å². The van der Waals surface area contributed by atoms with Gasteiger partial charge < -0.3 is 14.4 Å². The molecule has 1 amide bonds. The SMILES string of the molecule is CCc1noc(C)c1NC(=O)c1cc(C(C)C)on1. The molecule has 0 atom stereocenters. The quantitative estimate of drug-likeness (QED) is 0.917. The third-order valence-electron chi connectivity index (χ3n) is 2.84. The average Bonchev–Trinajstić information content (AvgIpc) is 2.97. The maximum atomic E-state index is 12.1. The van der Waals surface area contributed by atoms with E-state index in [2.05, 4.69) is 15.6 Å². The number of hydrogen-bond donors (Lipinski definition) is 1. The van der Waals surface area contributed by atoms with Crippen molar-refractivity contribution < 1.29 is 13.8 Å². The highest BCUT2D eigenvalue weighted by atomic mass is 16.5. The summed E-state index contributed by atoms with van der Waals surface area (Å²) in [6.07, 6.45) is 0.684. The van der Waals surface area contributed by atoms with Gasteiger partial charge in [0.2, 0.25) is 0 Å². The van der Waals surface area contributed by atoms with Gasteiger partial charge >= 0.3 is 0 Å². The molecule has 0 spiro atoms. The molecule has 0 fully saturated rings. The minimum absolute atomic E-state index is 0.192. The lowest BCUT2D eigenvalue weighted by atomic mass is 10.1. The van der Waals surface area contributed by atoms with E-state index in [9.17, 15) is 4.79 Å². The molecule has 2 aromatic heterocycles. The van der Waals surface area contributed by atoms with Crippen LogP contribution in [0.4, 0.5) is 5.69 Å². The summed E-state index contributed by atoms with van der Waals surface area (Å²) in [6, 6.07) is 1.65. The van der Waals surface area contributed by atoms with E-state index in [1.807, 2.05) is 20.8 Å². The second-order valence-corrected chi connectivity index (χ2v) is 4.64. The first-order valence-electron chi connectivity index (χ1n) is 6.26. The van der Waals surface area contributed by atoms with Crippen molar-refractivity contribution in [2.24, 2.45) is 0 Å². The molecule has 6 nitrogen and oxygen atoms in total. The van der Waals surface area contributed by atoms with Crippen molar-refractivity contribution in [3.63, 3.8) is 0 Å². The summed E-state index contributed by atoms with van der Waals surface area (Å²) >= 11 is 0. The lowest BCUT2D eigenvalue weighted by Crippen LogP contribution is -2.13. The number of carbonyl (C=O) groups is 1. The van der Waals surface area contributed by atoms with Crippen molar-refractivity contribution >= 4 is 11.6 Å². The third-order valence-corrected chi connectivity index (χ3v) is 2.84. The summed E-state index contributed by atoms with van der Waals surface area (Å²) in [5, 5.41) is 10.4. The van der Waals surface area contributed by atoms with Crippen LogP contribution in [-0.4, -0.2) is 16.2 Å². The summed E-state index contributed by atoms with van der Waals surface area (Å²) in [4.78, 5) is 12.1. The fourth-order valence-corrected chi connectivity index (χ4v) is 1.67. The zero-order valence-corrected chi connectivity index (χ0v) is 11.5. The fourth-order valence-electron chi connectivity index (χ4n) is 1.67. The van der Waals surface area contributed by atoms with Crippen molar-refractivity contribution in [2.75, 3.05) is 5.32 Å². The van der Waals surface area contributed by atoms with E-state index in [0.717, 1.165) is 5.69 Å². The first kappa shape index (κ1) is 13.3. The summed E-state index contributed by atoms with van der Waals surface area (Å²) in [6.45, 7) is 7.65. The average molecular weight is 263 g/mol. The summed E-state index contributed by atoms with van der Waals surface area (Å²) in [7, 11) is 0. The normalized spacial score (nSPS) is 11.0. The van der Waals surface area contributed by atoms with Gasteiger partial charge in [0.15, 0.2) is 11.5 Å². The first-order valence-corrected chi connectivity index (χ1v) is 6.26. The van der Waals surface area contributed by atoms with Gasteiger partial charge in [-0.05, 0) is 13.3 Å². The molecule has 0 bridgehead atoms. The van der Waals surface area contributed by atoms with Crippen LogP contribution < -0.4 is 5.32 Å². The Kier molecular flexibility index (Phi) is 3.69. The van der Waals surface area contributed by atoms with Crippen LogP contribution in [0, 0.1) is 6.92 Å². The monoisotopic (exact) mass is 263 g/mol. The Morgan fingerprint density at radius 2 is 2.11 bits per heavy atom. The number of aromatic nitrogens is 2. The van der Waals surface area contributed by atoms with Crippen LogP contribution in [0.3, 0.4) is 0 Å². The van der Waals surface area contributed by atoms with E-state index in [1.54, 1.807) is 13.0 Å². The standard InChI is InChI=1S/C13H17N3O3/c1-5-9-12(8(4)18-15-9)14-13(17)10-6-11(7(2)3)19-16-10/h6-7H,5H2,1-4H3,(H,14,17). The van der Waals surface area contributed by atoms with E-state index in [0.29, 0.717) is 23.6 Å². The van der Waals surface area contributed by atoms with Crippen molar-refractivity contribution in [1.82, 2.24) is 10.3 Å². The number of nitrogens with one attached hydrogen (secondary N) is 1. The van der Waals surface area contributed by atoms with Gasteiger partial charge in [-0.2, -0.15) is 0 Å². The minimum atomic E-state index is -0.323. The van der Waals surface area contributed by atoms with Gasteiger partial charge in [0.05, 0.1) is 0 Å². The van der Waals surface area contributed by atoms with Crippen LogP contribution in [0.5, 0.6) is 0 Å². The molecule has 0 aliphatic carbocycles. The van der Waals surface area contributed by atoms with Crippen molar-refractivity contribution in [3.05, 3.63) is 29.0 Å². The first-order chi connectivity index (χ1) is 9.02. The largest absolute Gasteiger partial charge is 0.360 e. The molecule has 1 N–H and O–H groups in total. The molecule has 0 unspecified atom stereocenters. The van der Waals surface area contributed by atoms with E-state index >= 15 is 0 Å². The molecule has 6 heteroatoms. The number of hydrogen-bond acceptors (Lipinski definition) is 5. The lowest BCUT2D eigenvalue weighted by Gasteiger charge is -2.01. The second-order valence-electron chi connectivity index (χ2n) is 4.64. The maximum absolute atomic E-state index is 12.1. The Bertz CT molecular complexity index is 584. The highest BCUT2D eigenvalue weighted by molar-refractivity contribution is 6.03. The summed E-state index contributed by atoms with van der Waals surface area (Å²) in [5.41, 5.74) is 1.59. The Morgan fingerprint density at radius 1 is 1.37 bits per heavy atom. The van der Waals surface area contributed by atoms with Crippen molar-refractivity contribution in [1.29, 1.82) is 0 Å². The lowest BCUT2D eigenvalue weighted by molar-refractivity contribution is 0.101. The van der Waals surface area contributed by atoms with E-state index < -0.39 is 0 Å². The number of nitrogens with zero attached hydrogens (tertiary/aromatic N) is 2. The molecule has 2 rings (SSSR count). The smallest absolute Gasteiger partial charge is 0.277 e. The van der Waals surface area contributed by atoms with Gasteiger partial charge in [-0.25, -0.2) is 0 Å². The molecule has 0 radical (unpaired) electrons. The van der Waals surface area contributed by atoms with Crippen LogP contribution >= 0.6 is 0 Å². The van der Waals surface area contributed by atoms with Crippen LogP contribution in [0.1, 0.15) is 54.4 Å². The van der Waals surface area contributed by atoms with Gasteiger partial charge in [0, 0.05) is 12.0 Å². The van der Waals surface area contributed by atoms with Gasteiger partial charge in [0.25, 0.3) is 5.91 Å². The maximum Gasteiger partial charge on any atom is 0.277 e. The van der Waals surface area contributed by atoms with Gasteiger partial charge in [0.1, 0.15) is 17.1 Å². The predicted molar refractivity (Wildman–Crippen MR) is 69.2 cm³/mol. The highest BCUT2D eigenvalue weighted by Crippen LogP contribution is 2.22. The van der Waals surface area contributed by atoms with E-state index in [-0.39, 0.29) is 17.5 Å². The zero-order chi connectivity index (χ0) is 14.0. The molecular formula is C13H17N3O3. The Hall–Kier alpha value is -2.11. The number of anilines is 1. The van der Waals surface area contributed by atoms with Crippen molar-refractivity contribution in [3.8, 4) is 0 Å². The predicted octanol–water partition coefficient (Wildman–Crippen LogP) is 2.91. The Balaban J connectivity index is 2.18. The molecule has 2 heterocycles. The molecule has 19 heavy (non-hydrogen) atoms. The number of carbonyl (C=O) groups excluding carboxylic acids is 1. The molecular weight excluding hydrogens is 246 g/mol. The zero-order valence-electron chi connectivity index (χ0n) is 11.5. The van der Waals surface area contributed by atoms with E-state index in [1.165, 1.54) is 0 Å². The summed E-state index contributed by atoms with van der Waals surface area (Å²) < 4.78 is 10.2. The van der Waals surface area contributed by atoms with Gasteiger partial charge in [-0.3, -0.25) is 4.79 Å². The van der Waals surface area contributed by atoms with E-state index in [4.69, 9.17) is 9.05 Å². The highest BCUT2D eigenvalue weighted by Gasteiger charge is 2.18.